The van der Waals surface area contributed by atoms with Crippen molar-refractivity contribution in [2.75, 3.05) is 30.8 Å². The molecule has 1 saturated carbocycles. The number of rotatable bonds is 3. The van der Waals surface area contributed by atoms with Gasteiger partial charge in [0.15, 0.2) is 0 Å². The molecule has 3 N–H and O–H groups in total. The molecule has 2 aliphatic rings. The van der Waals surface area contributed by atoms with E-state index in [0.717, 1.165) is 49.3 Å². The fourth-order valence-corrected chi connectivity index (χ4v) is 3.01. The summed E-state index contributed by atoms with van der Waals surface area (Å²) < 4.78 is 5.35. The van der Waals surface area contributed by atoms with Crippen LogP contribution in [0.3, 0.4) is 0 Å². The van der Waals surface area contributed by atoms with Gasteiger partial charge in [0.25, 0.3) is 5.91 Å². The summed E-state index contributed by atoms with van der Waals surface area (Å²) in [5.74, 6) is -0.000182. The number of ether oxygens (including phenoxy) is 1. The van der Waals surface area contributed by atoms with E-state index in [1.165, 1.54) is 0 Å². The fraction of sp³-hybridized carbons (Fsp3) is 0.533. The van der Waals surface area contributed by atoms with Crippen LogP contribution in [0.4, 0.5) is 11.4 Å². The molecule has 1 fully saturated rings. The van der Waals surface area contributed by atoms with Crippen LogP contribution in [0.2, 0.25) is 0 Å². The first-order chi connectivity index (χ1) is 9.78. The first-order valence-corrected chi connectivity index (χ1v) is 7.22. The maximum Gasteiger partial charge on any atom is 0.253 e. The van der Waals surface area contributed by atoms with Crippen LogP contribution in [-0.2, 0) is 4.74 Å². The second-order valence-electron chi connectivity index (χ2n) is 5.42. The maximum absolute atomic E-state index is 12.4. The van der Waals surface area contributed by atoms with Crippen LogP contribution < -0.4 is 16.0 Å². The number of benzene rings is 1. The molecule has 1 aliphatic heterocycles. The van der Waals surface area contributed by atoms with E-state index < -0.39 is 0 Å². The summed E-state index contributed by atoms with van der Waals surface area (Å²) in [6, 6.07) is 6.01. The third kappa shape index (κ3) is 2.58. The Labute approximate surface area is 119 Å². The number of fused-ring (bicyclic) bond motifs is 1. The van der Waals surface area contributed by atoms with Gasteiger partial charge >= 0.3 is 0 Å². The Balaban J connectivity index is 1.71. The quantitative estimate of drug-likeness (QED) is 0.787. The van der Waals surface area contributed by atoms with Crippen molar-refractivity contribution in [3.63, 3.8) is 0 Å². The number of nitrogens with one attached hydrogen (secondary N) is 3. The van der Waals surface area contributed by atoms with Gasteiger partial charge in [-0.1, -0.05) is 6.07 Å². The molecular weight excluding hydrogens is 254 g/mol. The molecule has 1 amide bonds. The molecule has 0 aromatic heterocycles. The lowest BCUT2D eigenvalue weighted by Crippen LogP contribution is -2.34. The first-order valence-electron chi connectivity index (χ1n) is 7.22. The second kappa shape index (κ2) is 5.71. The van der Waals surface area contributed by atoms with Gasteiger partial charge in [0.1, 0.15) is 0 Å². The van der Waals surface area contributed by atoms with Crippen molar-refractivity contribution in [1.29, 1.82) is 0 Å². The molecule has 0 bridgehead atoms. The lowest BCUT2D eigenvalue weighted by molar-refractivity contribution is 0.0915. The van der Waals surface area contributed by atoms with Crippen molar-refractivity contribution < 1.29 is 9.53 Å². The van der Waals surface area contributed by atoms with Gasteiger partial charge in [-0.25, -0.2) is 0 Å². The predicted molar refractivity (Wildman–Crippen MR) is 79.3 cm³/mol. The van der Waals surface area contributed by atoms with Gasteiger partial charge in [-0.15, -0.1) is 0 Å². The summed E-state index contributed by atoms with van der Waals surface area (Å²) in [5, 5.41) is 9.74. The molecule has 0 spiro atoms. The molecule has 0 radical (unpaired) electrons. The van der Waals surface area contributed by atoms with Gasteiger partial charge in [-0.05, 0) is 31.4 Å². The van der Waals surface area contributed by atoms with Crippen LogP contribution in [0.5, 0.6) is 0 Å². The minimum Gasteiger partial charge on any atom is -0.382 e. The number of amides is 1. The Morgan fingerprint density at radius 2 is 2.15 bits per heavy atom. The van der Waals surface area contributed by atoms with Gasteiger partial charge in [0, 0.05) is 26.2 Å². The van der Waals surface area contributed by atoms with Crippen molar-refractivity contribution >= 4 is 17.3 Å². The zero-order valence-electron chi connectivity index (χ0n) is 11.7. The Morgan fingerprint density at radius 1 is 1.30 bits per heavy atom. The van der Waals surface area contributed by atoms with Gasteiger partial charge in [0.05, 0.1) is 23.0 Å². The Bertz CT molecular complexity index is 504. The van der Waals surface area contributed by atoms with Crippen molar-refractivity contribution in [2.45, 2.75) is 31.4 Å². The normalized spacial score (nSPS) is 24.4. The number of carbonyl (C=O) groups excluding carboxylic acids is 1. The first kappa shape index (κ1) is 13.2. The average Bonchev–Trinajstić information content (AvgIpc) is 2.94. The molecule has 1 aliphatic carbocycles. The summed E-state index contributed by atoms with van der Waals surface area (Å²) in [6.07, 6.45) is 3.20. The van der Waals surface area contributed by atoms with Crippen LogP contribution in [0.15, 0.2) is 18.2 Å². The largest absolute Gasteiger partial charge is 0.382 e. The maximum atomic E-state index is 12.4. The molecule has 1 heterocycles. The lowest BCUT2D eigenvalue weighted by atomic mass is 10.1. The Morgan fingerprint density at radius 3 is 2.95 bits per heavy atom. The van der Waals surface area contributed by atoms with Crippen LogP contribution in [-0.4, -0.2) is 38.3 Å². The molecule has 1 aromatic carbocycles. The zero-order chi connectivity index (χ0) is 13.9. The molecule has 2 unspecified atom stereocenters. The van der Waals surface area contributed by atoms with E-state index in [-0.39, 0.29) is 18.1 Å². The topological polar surface area (TPSA) is 62.4 Å². The number of carbonyl (C=O) groups is 1. The van der Waals surface area contributed by atoms with Crippen molar-refractivity contribution in [3.05, 3.63) is 23.8 Å². The van der Waals surface area contributed by atoms with Crippen LogP contribution in [0, 0.1) is 0 Å². The highest BCUT2D eigenvalue weighted by Crippen LogP contribution is 2.29. The summed E-state index contributed by atoms with van der Waals surface area (Å²) in [7, 11) is 1.73. The van der Waals surface area contributed by atoms with Crippen LogP contribution >= 0.6 is 0 Å². The molecule has 0 saturated heterocycles. The van der Waals surface area contributed by atoms with Gasteiger partial charge < -0.3 is 20.7 Å². The highest BCUT2D eigenvalue weighted by atomic mass is 16.5. The molecule has 20 heavy (non-hydrogen) atoms. The fourth-order valence-electron chi connectivity index (χ4n) is 3.01. The third-order valence-corrected chi connectivity index (χ3v) is 4.10. The Kier molecular flexibility index (Phi) is 3.78. The molecular formula is C15H21N3O2. The van der Waals surface area contributed by atoms with E-state index >= 15 is 0 Å². The molecule has 108 valence electrons. The standard InChI is InChI=1S/C15H21N3O2/c1-20-11-6-5-10(9-11)18-15(19)12-3-2-4-13-14(12)17-8-7-16-13/h2-4,10-11,16-17H,5-9H2,1H3,(H,18,19). The summed E-state index contributed by atoms with van der Waals surface area (Å²) >= 11 is 0. The monoisotopic (exact) mass is 275 g/mol. The number of hydrogen-bond donors (Lipinski definition) is 3. The molecule has 3 rings (SSSR count). The average molecular weight is 275 g/mol. The van der Waals surface area contributed by atoms with E-state index in [1.54, 1.807) is 7.11 Å². The van der Waals surface area contributed by atoms with E-state index in [1.807, 2.05) is 18.2 Å². The van der Waals surface area contributed by atoms with Crippen LogP contribution in [0.25, 0.3) is 0 Å². The van der Waals surface area contributed by atoms with E-state index in [0.29, 0.717) is 0 Å². The van der Waals surface area contributed by atoms with Crippen molar-refractivity contribution in [3.8, 4) is 0 Å². The van der Waals surface area contributed by atoms with Crippen molar-refractivity contribution in [1.82, 2.24) is 5.32 Å². The molecule has 2 atom stereocenters. The smallest absolute Gasteiger partial charge is 0.253 e. The second-order valence-corrected chi connectivity index (χ2v) is 5.42. The summed E-state index contributed by atoms with van der Waals surface area (Å²) in [5.41, 5.74) is 2.64. The highest BCUT2D eigenvalue weighted by Gasteiger charge is 2.27. The van der Waals surface area contributed by atoms with Gasteiger partial charge in [-0.3, -0.25) is 4.79 Å². The molecule has 1 aromatic rings. The SMILES string of the molecule is COC1CCC(NC(=O)c2cccc3c2NCCN3)C1. The summed E-state index contributed by atoms with van der Waals surface area (Å²) in [4.78, 5) is 12.4. The minimum absolute atomic E-state index is 0.000182. The molecule has 5 heteroatoms. The zero-order valence-corrected chi connectivity index (χ0v) is 11.7. The van der Waals surface area contributed by atoms with E-state index in [4.69, 9.17) is 4.74 Å². The number of anilines is 2. The third-order valence-electron chi connectivity index (χ3n) is 4.10. The summed E-state index contributed by atoms with van der Waals surface area (Å²) in [6.45, 7) is 1.72. The number of hydrogen-bond acceptors (Lipinski definition) is 4. The Hall–Kier alpha value is -1.75. The van der Waals surface area contributed by atoms with E-state index in [9.17, 15) is 4.79 Å². The number of methoxy groups -OCH3 is 1. The predicted octanol–water partition coefficient (Wildman–Crippen LogP) is 1.82. The molecule has 5 nitrogen and oxygen atoms in total. The lowest BCUT2D eigenvalue weighted by Gasteiger charge is -2.23. The minimum atomic E-state index is -0.000182. The van der Waals surface area contributed by atoms with Gasteiger partial charge in [0.2, 0.25) is 0 Å². The van der Waals surface area contributed by atoms with Crippen molar-refractivity contribution in [2.24, 2.45) is 0 Å². The van der Waals surface area contributed by atoms with E-state index in [2.05, 4.69) is 16.0 Å². The highest BCUT2D eigenvalue weighted by molar-refractivity contribution is 6.02. The van der Waals surface area contributed by atoms with Gasteiger partial charge in [-0.2, -0.15) is 0 Å². The van der Waals surface area contributed by atoms with Crippen LogP contribution in [0.1, 0.15) is 29.6 Å². The number of para-hydroxylation sites is 1.